The highest BCUT2D eigenvalue weighted by molar-refractivity contribution is 7.15. The van der Waals surface area contributed by atoms with Gasteiger partial charge in [0.05, 0.1) is 0 Å². The molecule has 0 aromatic rings. The number of nitrogens with one attached hydrogen (secondary N) is 1. The maximum absolute atomic E-state index is 3.51. The lowest BCUT2D eigenvalue weighted by atomic mass is 9.94. The first-order valence-corrected chi connectivity index (χ1v) is 6.53. The van der Waals surface area contributed by atoms with Gasteiger partial charge in [-0.15, -0.1) is 9.24 Å². The minimum Gasteiger partial charge on any atom is -0.311 e. The molecule has 3 atom stereocenters. The molecule has 2 nitrogen and oxygen atoms in total. The lowest BCUT2D eigenvalue weighted by molar-refractivity contribution is 0.101. The van der Waals surface area contributed by atoms with Gasteiger partial charge in [-0.25, -0.2) is 0 Å². The van der Waals surface area contributed by atoms with Gasteiger partial charge in [0.2, 0.25) is 0 Å². The molecule has 2 bridgehead atoms. The van der Waals surface area contributed by atoms with E-state index in [0.29, 0.717) is 0 Å². The smallest absolute Gasteiger partial charge is 0.0218 e. The van der Waals surface area contributed by atoms with E-state index in [1.54, 1.807) is 0 Å². The molecule has 3 unspecified atom stereocenters. The van der Waals surface area contributed by atoms with E-state index < -0.39 is 0 Å². The van der Waals surface area contributed by atoms with E-state index in [2.05, 4.69) is 26.5 Å². The molecule has 3 rings (SSSR count). The van der Waals surface area contributed by atoms with Gasteiger partial charge in [0.25, 0.3) is 0 Å². The van der Waals surface area contributed by atoms with E-state index in [1.807, 2.05) is 20.5 Å². The minimum atomic E-state index is 0.806. The van der Waals surface area contributed by atoms with Crippen molar-refractivity contribution in [3.63, 3.8) is 0 Å². The Kier molecular flexibility index (Phi) is 7.93. The van der Waals surface area contributed by atoms with Crippen molar-refractivity contribution in [1.29, 1.82) is 0 Å². The van der Waals surface area contributed by atoms with E-state index in [-0.39, 0.29) is 0 Å². The number of hydrogen-bond acceptors (Lipinski definition) is 2. The van der Waals surface area contributed by atoms with Crippen LogP contribution < -0.4 is 5.32 Å². The predicted octanol–water partition coefficient (Wildman–Crippen LogP) is 1.57. The van der Waals surface area contributed by atoms with E-state index in [0.717, 1.165) is 12.1 Å². The average molecular weight is 204 g/mol. The maximum Gasteiger partial charge on any atom is 0.0218 e. The Balaban J connectivity index is 0.000000322. The van der Waals surface area contributed by atoms with Crippen molar-refractivity contribution in [2.24, 2.45) is 0 Å². The quantitative estimate of drug-likeness (QED) is 0.603. The van der Waals surface area contributed by atoms with Crippen molar-refractivity contribution in [2.45, 2.75) is 38.8 Å². The van der Waals surface area contributed by atoms with Crippen LogP contribution in [0.25, 0.3) is 0 Å². The van der Waals surface area contributed by atoms with Crippen molar-refractivity contribution < 1.29 is 0 Å². The molecule has 3 aliphatic rings. The molecule has 0 amide bonds. The highest BCUT2D eigenvalue weighted by Crippen LogP contribution is 2.19. The third-order valence-electron chi connectivity index (χ3n) is 2.62. The Labute approximate surface area is 85.7 Å². The van der Waals surface area contributed by atoms with Crippen molar-refractivity contribution in [1.82, 2.24) is 10.2 Å². The molecule has 0 radical (unpaired) electrons. The Morgan fingerprint density at radius 1 is 1.23 bits per heavy atom. The number of rotatable bonds is 0. The van der Waals surface area contributed by atoms with Gasteiger partial charge in [-0.3, -0.25) is 0 Å². The lowest BCUT2D eigenvalue weighted by Crippen LogP contribution is -2.59. The molecule has 3 heterocycles. The molecule has 0 saturated carbocycles. The second kappa shape index (κ2) is 7.73. The number of likely N-dealkylation sites (N-methyl/N-ethyl adjacent to an activating group) is 1. The summed E-state index contributed by atoms with van der Waals surface area (Å²) < 4.78 is 0. The standard InChI is InChI=1S/C7H14N2.C2H6.CH5P/c1-9-5-6-2-3-7(9)4-8-6;2*1-2/h6-8H,2-5H2,1H3;1-2H3;2H2,1H3. The zero-order valence-corrected chi connectivity index (χ0v) is 10.7. The molecular formula is C10H25N2P. The summed E-state index contributed by atoms with van der Waals surface area (Å²) in [5, 5.41) is 3.51. The number of piperidine rings is 2. The Morgan fingerprint density at radius 2 is 1.85 bits per heavy atom. The fourth-order valence-electron chi connectivity index (χ4n) is 1.93. The first kappa shape index (κ1) is 13.4. The summed E-state index contributed by atoms with van der Waals surface area (Å²) in [6, 6.07) is 1.65. The molecule has 3 saturated heterocycles. The highest BCUT2D eigenvalue weighted by Gasteiger charge is 2.30. The van der Waals surface area contributed by atoms with E-state index >= 15 is 0 Å². The molecule has 0 spiro atoms. The predicted molar refractivity (Wildman–Crippen MR) is 64.4 cm³/mol. The van der Waals surface area contributed by atoms with Gasteiger partial charge in [0.1, 0.15) is 0 Å². The number of nitrogens with zero attached hydrogens (tertiary/aromatic N) is 1. The van der Waals surface area contributed by atoms with Crippen molar-refractivity contribution in [3.8, 4) is 0 Å². The maximum atomic E-state index is 3.51. The summed E-state index contributed by atoms with van der Waals surface area (Å²) in [4.78, 5) is 2.48. The summed E-state index contributed by atoms with van der Waals surface area (Å²) in [7, 11) is 4.65. The van der Waals surface area contributed by atoms with Crippen LogP contribution in [0.2, 0.25) is 0 Å². The number of fused-ring (bicyclic) bond motifs is 3. The molecule has 0 aromatic heterocycles. The Hall–Kier alpha value is 0.350. The summed E-state index contributed by atoms with van der Waals surface area (Å²) in [6.07, 6.45) is 2.81. The van der Waals surface area contributed by atoms with Crippen LogP contribution in [0.15, 0.2) is 0 Å². The van der Waals surface area contributed by atoms with Gasteiger partial charge in [0, 0.05) is 25.2 Å². The average Bonchev–Trinajstić information content (AvgIpc) is 2.25. The fraction of sp³-hybridized carbons (Fsp3) is 1.00. The van der Waals surface area contributed by atoms with Crippen LogP contribution in [0.4, 0.5) is 0 Å². The van der Waals surface area contributed by atoms with Crippen LogP contribution in [0.5, 0.6) is 0 Å². The second-order valence-corrected chi connectivity index (χ2v) is 3.28. The fourth-order valence-corrected chi connectivity index (χ4v) is 1.93. The summed E-state index contributed by atoms with van der Waals surface area (Å²) >= 11 is 0. The molecule has 13 heavy (non-hydrogen) atoms. The SMILES string of the molecule is CC.CN1CC2CCC1CN2.CP. The Bertz CT molecular complexity index is 111. The molecule has 1 N–H and O–H groups in total. The molecular weight excluding hydrogens is 179 g/mol. The van der Waals surface area contributed by atoms with Crippen LogP contribution in [0.3, 0.4) is 0 Å². The van der Waals surface area contributed by atoms with Gasteiger partial charge in [-0.05, 0) is 19.9 Å². The molecule has 0 aromatic carbocycles. The first-order chi connectivity index (χ1) is 6.36. The molecule has 3 fully saturated rings. The summed E-state index contributed by atoms with van der Waals surface area (Å²) in [6.45, 7) is 8.41. The van der Waals surface area contributed by atoms with E-state index in [4.69, 9.17) is 0 Å². The third kappa shape index (κ3) is 3.93. The van der Waals surface area contributed by atoms with Crippen molar-refractivity contribution >= 4 is 9.24 Å². The molecule has 3 aliphatic heterocycles. The highest BCUT2D eigenvalue weighted by atomic mass is 31.0. The van der Waals surface area contributed by atoms with Gasteiger partial charge < -0.3 is 10.2 Å². The Morgan fingerprint density at radius 3 is 2.00 bits per heavy atom. The summed E-state index contributed by atoms with van der Waals surface area (Å²) in [5.74, 6) is 0. The van der Waals surface area contributed by atoms with Crippen LogP contribution >= 0.6 is 9.24 Å². The van der Waals surface area contributed by atoms with Gasteiger partial charge >= 0.3 is 0 Å². The zero-order chi connectivity index (χ0) is 10.3. The van der Waals surface area contributed by atoms with Crippen LogP contribution in [0, 0.1) is 0 Å². The molecule has 80 valence electrons. The monoisotopic (exact) mass is 204 g/mol. The molecule has 3 heteroatoms. The number of hydrogen-bond donors (Lipinski definition) is 1. The minimum absolute atomic E-state index is 0.806. The normalized spacial score (nSPS) is 31.2. The van der Waals surface area contributed by atoms with Gasteiger partial charge in [-0.2, -0.15) is 0 Å². The lowest BCUT2D eigenvalue weighted by Gasteiger charge is -2.44. The zero-order valence-electron chi connectivity index (χ0n) is 9.51. The van der Waals surface area contributed by atoms with Gasteiger partial charge in [-0.1, -0.05) is 20.5 Å². The first-order valence-electron chi connectivity index (χ1n) is 5.37. The third-order valence-corrected chi connectivity index (χ3v) is 2.62. The number of piperazine rings is 1. The van der Waals surface area contributed by atoms with Crippen molar-refractivity contribution in [2.75, 3.05) is 26.8 Å². The van der Waals surface area contributed by atoms with Gasteiger partial charge in [0.15, 0.2) is 0 Å². The summed E-state index contributed by atoms with van der Waals surface area (Å²) in [5.41, 5.74) is 0. The van der Waals surface area contributed by atoms with Crippen LogP contribution in [-0.2, 0) is 0 Å². The van der Waals surface area contributed by atoms with Crippen LogP contribution in [0.1, 0.15) is 26.7 Å². The van der Waals surface area contributed by atoms with E-state index in [9.17, 15) is 0 Å². The van der Waals surface area contributed by atoms with E-state index in [1.165, 1.54) is 25.9 Å². The topological polar surface area (TPSA) is 15.3 Å². The molecule has 0 aliphatic carbocycles. The van der Waals surface area contributed by atoms with Crippen molar-refractivity contribution in [3.05, 3.63) is 0 Å². The second-order valence-electron chi connectivity index (χ2n) is 3.28. The van der Waals surface area contributed by atoms with Crippen LogP contribution in [-0.4, -0.2) is 43.8 Å². The largest absolute Gasteiger partial charge is 0.311 e.